The number of anilines is 1. The van der Waals surface area contributed by atoms with Crippen molar-refractivity contribution in [2.75, 3.05) is 33.1 Å². The van der Waals surface area contributed by atoms with Crippen LogP contribution in [-0.4, -0.2) is 47.5 Å². The summed E-state index contributed by atoms with van der Waals surface area (Å²) in [5.41, 5.74) is 1.12. The van der Waals surface area contributed by atoms with E-state index in [4.69, 9.17) is 4.74 Å². The number of hydrogen-bond acceptors (Lipinski definition) is 7. The first-order valence-corrected chi connectivity index (χ1v) is 8.60. The van der Waals surface area contributed by atoms with Crippen molar-refractivity contribution in [3.05, 3.63) is 68.8 Å². The van der Waals surface area contributed by atoms with Gasteiger partial charge in [0.25, 0.3) is 11.2 Å². The fourth-order valence-electron chi connectivity index (χ4n) is 3.05. The monoisotopic (exact) mass is 383 g/mol. The molecule has 0 bridgehead atoms. The third-order valence-electron chi connectivity index (χ3n) is 4.54. The second kappa shape index (κ2) is 8.05. The maximum atomic E-state index is 11.9. The molecular formula is C19H21N5O4. The molecule has 1 aromatic heterocycles. The minimum absolute atomic E-state index is 0.0578. The summed E-state index contributed by atoms with van der Waals surface area (Å²) >= 11 is 0. The second-order valence-corrected chi connectivity index (χ2v) is 6.51. The molecule has 0 aliphatic carbocycles. The van der Waals surface area contributed by atoms with Crippen LogP contribution >= 0.6 is 0 Å². The maximum absolute atomic E-state index is 11.9. The van der Waals surface area contributed by atoms with E-state index in [9.17, 15) is 14.9 Å². The number of nitro benzene ring substituents is 1. The van der Waals surface area contributed by atoms with Crippen LogP contribution in [0, 0.1) is 10.1 Å². The Morgan fingerprint density at radius 3 is 2.79 bits per heavy atom. The molecule has 3 aromatic rings. The summed E-state index contributed by atoms with van der Waals surface area (Å²) in [6, 6.07) is 10.4. The van der Waals surface area contributed by atoms with Gasteiger partial charge < -0.3 is 19.9 Å². The third kappa shape index (κ3) is 3.94. The summed E-state index contributed by atoms with van der Waals surface area (Å²) in [6.07, 6.45) is 1.28. The van der Waals surface area contributed by atoms with Crippen LogP contribution in [0.2, 0.25) is 0 Å². The zero-order valence-electron chi connectivity index (χ0n) is 15.8. The molecule has 9 nitrogen and oxygen atoms in total. The SMILES string of the molecule is COc1cccc(C(CNc2cc3nc[nH]c(=O)c3cc2[N+](=O)[O-])N(C)C)c1. The first-order chi connectivity index (χ1) is 13.4. The summed E-state index contributed by atoms with van der Waals surface area (Å²) < 4.78 is 5.29. The quantitative estimate of drug-likeness (QED) is 0.476. The lowest BCUT2D eigenvalue weighted by molar-refractivity contribution is -0.383. The number of fused-ring (bicyclic) bond motifs is 1. The van der Waals surface area contributed by atoms with Gasteiger partial charge in [0.2, 0.25) is 0 Å². The van der Waals surface area contributed by atoms with Crippen LogP contribution < -0.4 is 15.6 Å². The molecule has 1 unspecified atom stereocenters. The van der Waals surface area contributed by atoms with E-state index < -0.39 is 10.5 Å². The van der Waals surface area contributed by atoms with Gasteiger partial charge in [-0.1, -0.05) is 12.1 Å². The Balaban J connectivity index is 1.95. The molecule has 1 atom stereocenters. The topological polar surface area (TPSA) is 113 Å². The van der Waals surface area contributed by atoms with E-state index >= 15 is 0 Å². The Kier molecular flexibility index (Phi) is 5.55. The van der Waals surface area contributed by atoms with Gasteiger partial charge in [-0.15, -0.1) is 0 Å². The van der Waals surface area contributed by atoms with Crippen molar-refractivity contribution in [2.24, 2.45) is 0 Å². The molecule has 0 saturated heterocycles. The van der Waals surface area contributed by atoms with Crippen molar-refractivity contribution in [3.8, 4) is 5.75 Å². The van der Waals surface area contributed by atoms with Gasteiger partial charge in [0.05, 0.1) is 35.3 Å². The first kappa shape index (κ1) is 19.3. The summed E-state index contributed by atoms with van der Waals surface area (Å²) in [5.74, 6) is 0.740. The highest BCUT2D eigenvalue weighted by Gasteiger charge is 2.20. The average Bonchev–Trinajstić information content (AvgIpc) is 2.67. The lowest BCUT2D eigenvalue weighted by Gasteiger charge is -2.26. The van der Waals surface area contributed by atoms with E-state index in [0.29, 0.717) is 17.7 Å². The molecule has 0 radical (unpaired) electrons. The highest BCUT2D eigenvalue weighted by Crippen LogP contribution is 2.29. The van der Waals surface area contributed by atoms with Crippen molar-refractivity contribution < 1.29 is 9.66 Å². The molecule has 0 aliphatic heterocycles. The molecule has 2 N–H and O–H groups in total. The molecule has 3 rings (SSSR count). The standard InChI is InChI=1S/C19H21N5O4/c1-23(2)18(12-5-4-6-13(7-12)28-3)10-20-16-9-15-14(8-17(16)24(26)27)19(25)22-11-21-15/h4-9,11,18,20H,10H2,1-3H3,(H,21,22,25). The van der Waals surface area contributed by atoms with E-state index in [0.717, 1.165) is 11.3 Å². The number of benzene rings is 2. The minimum Gasteiger partial charge on any atom is -0.497 e. The molecule has 9 heteroatoms. The first-order valence-electron chi connectivity index (χ1n) is 8.60. The Labute approximate surface area is 161 Å². The summed E-state index contributed by atoms with van der Waals surface area (Å²) in [7, 11) is 5.47. The average molecular weight is 383 g/mol. The van der Waals surface area contributed by atoms with E-state index in [1.54, 1.807) is 7.11 Å². The van der Waals surface area contributed by atoms with E-state index in [2.05, 4.69) is 15.3 Å². The number of likely N-dealkylation sites (N-methyl/N-ethyl adjacent to an activating group) is 1. The zero-order chi connectivity index (χ0) is 20.3. The number of hydrogen-bond donors (Lipinski definition) is 2. The predicted octanol–water partition coefficient (Wildman–Crippen LogP) is 2.55. The largest absolute Gasteiger partial charge is 0.497 e. The predicted molar refractivity (Wildman–Crippen MR) is 107 cm³/mol. The van der Waals surface area contributed by atoms with Gasteiger partial charge in [0.15, 0.2) is 0 Å². The van der Waals surface area contributed by atoms with Gasteiger partial charge in [-0.2, -0.15) is 0 Å². The number of ether oxygens (including phenoxy) is 1. The zero-order valence-corrected chi connectivity index (χ0v) is 15.8. The van der Waals surface area contributed by atoms with Crippen LogP contribution in [0.4, 0.5) is 11.4 Å². The number of nitrogens with one attached hydrogen (secondary N) is 2. The van der Waals surface area contributed by atoms with Crippen LogP contribution in [0.15, 0.2) is 47.5 Å². The molecule has 0 saturated carbocycles. The van der Waals surface area contributed by atoms with Gasteiger partial charge in [0.1, 0.15) is 11.4 Å². The number of aromatic nitrogens is 2. The van der Waals surface area contributed by atoms with Crippen LogP contribution in [0.1, 0.15) is 11.6 Å². The van der Waals surface area contributed by atoms with Crippen molar-refractivity contribution in [1.29, 1.82) is 0 Å². The van der Waals surface area contributed by atoms with Crippen LogP contribution in [0.25, 0.3) is 10.9 Å². The molecule has 0 amide bonds. The molecular weight excluding hydrogens is 362 g/mol. The fourth-order valence-corrected chi connectivity index (χ4v) is 3.05. The number of methoxy groups -OCH3 is 1. The van der Waals surface area contributed by atoms with Crippen LogP contribution in [-0.2, 0) is 0 Å². The van der Waals surface area contributed by atoms with Gasteiger partial charge in [0, 0.05) is 12.6 Å². The third-order valence-corrected chi connectivity index (χ3v) is 4.54. The summed E-state index contributed by atoms with van der Waals surface area (Å²) in [5, 5.41) is 14.8. The van der Waals surface area contributed by atoms with Gasteiger partial charge in [-0.3, -0.25) is 14.9 Å². The van der Waals surface area contributed by atoms with Crippen molar-refractivity contribution >= 4 is 22.3 Å². The Morgan fingerprint density at radius 1 is 1.32 bits per heavy atom. The van der Waals surface area contributed by atoms with Crippen LogP contribution in [0.3, 0.4) is 0 Å². The second-order valence-electron chi connectivity index (χ2n) is 6.51. The molecule has 0 aliphatic rings. The Morgan fingerprint density at radius 2 is 2.11 bits per heavy atom. The highest BCUT2D eigenvalue weighted by atomic mass is 16.6. The number of rotatable bonds is 7. The number of H-pyrrole nitrogens is 1. The van der Waals surface area contributed by atoms with Gasteiger partial charge in [-0.25, -0.2) is 4.98 Å². The summed E-state index contributed by atoms with van der Waals surface area (Å²) in [4.78, 5) is 31.5. The number of nitrogens with zero attached hydrogens (tertiary/aromatic N) is 3. The maximum Gasteiger partial charge on any atom is 0.293 e. The van der Waals surface area contributed by atoms with Crippen molar-refractivity contribution in [2.45, 2.75) is 6.04 Å². The lowest BCUT2D eigenvalue weighted by Crippen LogP contribution is -2.27. The number of nitro groups is 1. The van der Waals surface area contributed by atoms with Gasteiger partial charge >= 0.3 is 0 Å². The van der Waals surface area contributed by atoms with E-state index in [1.165, 1.54) is 18.5 Å². The molecule has 2 aromatic carbocycles. The van der Waals surface area contributed by atoms with E-state index in [-0.39, 0.29) is 17.1 Å². The smallest absolute Gasteiger partial charge is 0.293 e. The highest BCUT2D eigenvalue weighted by molar-refractivity contribution is 5.86. The molecule has 0 fully saturated rings. The van der Waals surface area contributed by atoms with Gasteiger partial charge in [-0.05, 0) is 37.9 Å². The minimum atomic E-state index is -0.509. The van der Waals surface area contributed by atoms with Crippen LogP contribution in [0.5, 0.6) is 5.75 Å². The summed E-state index contributed by atoms with van der Waals surface area (Å²) in [6.45, 7) is 0.412. The Hall–Kier alpha value is -3.46. The molecule has 1 heterocycles. The van der Waals surface area contributed by atoms with E-state index in [1.807, 2.05) is 43.3 Å². The normalized spacial score (nSPS) is 12.1. The van der Waals surface area contributed by atoms with Crippen molar-refractivity contribution in [3.63, 3.8) is 0 Å². The van der Waals surface area contributed by atoms with Crippen molar-refractivity contribution in [1.82, 2.24) is 14.9 Å². The Bertz CT molecular complexity index is 1060. The lowest BCUT2D eigenvalue weighted by atomic mass is 10.1. The fraction of sp³-hybridized carbons (Fsp3) is 0.263. The molecule has 146 valence electrons. The molecule has 0 spiro atoms. The molecule has 28 heavy (non-hydrogen) atoms. The number of aromatic amines is 1.